The first kappa shape index (κ1) is 19.0. The van der Waals surface area contributed by atoms with Gasteiger partial charge in [-0.3, -0.25) is 4.79 Å². The molecule has 1 N–H and O–H groups in total. The lowest BCUT2D eigenvalue weighted by molar-refractivity contribution is 0.0939. The molecule has 0 fully saturated rings. The molecule has 0 saturated carbocycles. The fourth-order valence-electron chi connectivity index (χ4n) is 2.36. The summed E-state index contributed by atoms with van der Waals surface area (Å²) in [5, 5.41) is 2.88. The van der Waals surface area contributed by atoms with Crippen molar-refractivity contribution in [1.29, 1.82) is 0 Å². The summed E-state index contributed by atoms with van der Waals surface area (Å²) in [5.41, 5.74) is 1.22. The van der Waals surface area contributed by atoms with Crippen molar-refractivity contribution in [2.24, 2.45) is 0 Å². The summed E-state index contributed by atoms with van der Waals surface area (Å²) in [6, 6.07) is 13.3. The van der Waals surface area contributed by atoms with Crippen LogP contribution in [0.25, 0.3) is 0 Å². The van der Waals surface area contributed by atoms with Crippen LogP contribution in [0.1, 0.15) is 42.7 Å². The van der Waals surface area contributed by atoms with Gasteiger partial charge >= 0.3 is 0 Å². The molecule has 134 valence electrons. The van der Waals surface area contributed by atoms with Crippen molar-refractivity contribution >= 4 is 15.7 Å². The molecule has 2 rings (SSSR count). The van der Waals surface area contributed by atoms with E-state index in [1.54, 1.807) is 12.1 Å². The van der Waals surface area contributed by atoms with Gasteiger partial charge in [0.25, 0.3) is 5.91 Å². The average molecular weight is 361 g/mol. The van der Waals surface area contributed by atoms with Crippen LogP contribution in [0.3, 0.4) is 0 Å². The van der Waals surface area contributed by atoms with E-state index in [1.807, 2.05) is 45.0 Å². The van der Waals surface area contributed by atoms with Crippen LogP contribution in [0.2, 0.25) is 0 Å². The van der Waals surface area contributed by atoms with Crippen molar-refractivity contribution in [3.8, 4) is 5.75 Å². The fourth-order valence-corrected chi connectivity index (χ4v) is 3.03. The van der Waals surface area contributed by atoms with Gasteiger partial charge in [0.2, 0.25) is 0 Å². The summed E-state index contributed by atoms with van der Waals surface area (Å²) < 4.78 is 28.9. The van der Waals surface area contributed by atoms with Gasteiger partial charge in [-0.1, -0.05) is 18.2 Å². The minimum atomic E-state index is -3.35. The molecule has 6 heteroatoms. The second-order valence-electron chi connectivity index (χ2n) is 6.23. The maximum Gasteiger partial charge on any atom is 0.251 e. The number of hydrogen-bond donors (Lipinski definition) is 1. The molecule has 2 aromatic carbocycles. The smallest absolute Gasteiger partial charge is 0.251 e. The van der Waals surface area contributed by atoms with Crippen LogP contribution in [0.15, 0.2) is 53.4 Å². The van der Waals surface area contributed by atoms with E-state index in [-0.39, 0.29) is 22.9 Å². The molecule has 0 radical (unpaired) electrons. The van der Waals surface area contributed by atoms with Crippen LogP contribution in [-0.2, 0) is 9.84 Å². The Balaban J connectivity index is 2.15. The predicted octanol–water partition coefficient (Wildman–Crippen LogP) is 3.37. The van der Waals surface area contributed by atoms with Crippen molar-refractivity contribution in [2.45, 2.75) is 37.8 Å². The first-order valence-corrected chi connectivity index (χ1v) is 9.93. The Morgan fingerprint density at radius 3 is 2.36 bits per heavy atom. The summed E-state index contributed by atoms with van der Waals surface area (Å²) in [7, 11) is -3.35. The highest BCUT2D eigenvalue weighted by molar-refractivity contribution is 7.90. The van der Waals surface area contributed by atoms with Gasteiger partial charge in [-0.05, 0) is 56.7 Å². The van der Waals surface area contributed by atoms with Crippen molar-refractivity contribution in [3.05, 3.63) is 59.7 Å². The van der Waals surface area contributed by atoms with E-state index in [0.717, 1.165) is 17.6 Å². The van der Waals surface area contributed by atoms with E-state index in [2.05, 4.69) is 5.32 Å². The van der Waals surface area contributed by atoms with Crippen molar-refractivity contribution in [2.75, 3.05) is 6.26 Å². The summed E-state index contributed by atoms with van der Waals surface area (Å²) >= 11 is 0. The lowest BCUT2D eigenvalue weighted by atomic mass is 10.1. The highest BCUT2D eigenvalue weighted by Gasteiger charge is 2.15. The van der Waals surface area contributed by atoms with Crippen LogP contribution in [0.5, 0.6) is 5.75 Å². The molecule has 0 aliphatic carbocycles. The second kappa shape index (κ2) is 7.70. The van der Waals surface area contributed by atoms with E-state index in [0.29, 0.717) is 5.56 Å². The van der Waals surface area contributed by atoms with Crippen LogP contribution < -0.4 is 10.1 Å². The highest BCUT2D eigenvalue weighted by Crippen LogP contribution is 2.21. The molecule has 0 aliphatic heterocycles. The molecule has 0 heterocycles. The number of rotatable bonds is 6. The summed E-state index contributed by atoms with van der Waals surface area (Å²) in [5.74, 6) is 0.417. The van der Waals surface area contributed by atoms with Gasteiger partial charge in [0.1, 0.15) is 5.75 Å². The lowest BCUT2D eigenvalue weighted by Crippen LogP contribution is -2.26. The highest BCUT2D eigenvalue weighted by atomic mass is 32.2. The third-order valence-corrected chi connectivity index (χ3v) is 4.71. The van der Waals surface area contributed by atoms with Crippen LogP contribution in [-0.4, -0.2) is 26.7 Å². The Bertz CT molecular complexity index is 859. The molecule has 25 heavy (non-hydrogen) atoms. The molecule has 1 amide bonds. The monoisotopic (exact) mass is 361 g/mol. The van der Waals surface area contributed by atoms with Gasteiger partial charge in [0, 0.05) is 11.8 Å². The van der Waals surface area contributed by atoms with Gasteiger partial charge < -0.3 is 10.1 Å². The maximum atomic E-state index is 12.4. The maximum absolute atomic E-state index is 12.4. The number of amides is 1. The molecular weight excluding hydrogens is 338 g/mol. The van der Waals surface area contributed by atoms with Crippen molar-refractivity contribution in [1.82, 2.24) is 5.32 Å². The lowest BCUT2D eigenvalue weighted by Gasteiger charge is -2.17. The first-order chi connectivity index (χ1) is 11.7. The zero-order valence-corrected chi connectivity index (χ0v) is 15.6. The van der Waals surface area contributed by atoms with Crippen LogP contribution in [0.4, 0.5) is 0 Å². The van der Waals surface area contributed by atoms with Gasteiger partial charge in [-0.2, -0.15) is 0 Å². The van der Waals surface area contributed by atoms with Crippen molar-refractivity contribution in [3.63, 3.8) is 0 Å². The number of hydrogen-bond acceptors (Lipinski definition) is 4. The Hall–Kier alpha value is -2.34. The fraction of sp³-hybridized carbons (Fsp3) is 0.316. The molecule has 0 aliphatic rings. The third kappa shape index (κ3) is 5.32. The minimum Gasteiger partial charge on any atom is -0.491 e. The van der Waals surface area contributed by atoms with Gasteiger partial charge in [0.05, 0.1) is 17.0 Å². The molecular formula is C19H23NO4S. The van der Waals surface area contributed by atoms with Crippen molar-refractivity contribution < 1.29 is 17.9 Å². The van der Waals surface area contributed by atoms with E-state index in [4.69, 9.17) is 4.74 Å². The van der Waals surface area contributed by atoms with E-state index >= 15 is 0 Å². The largest absolute Gasteiger partial charge is 0.491 e. The zero-order valence-electron chi connectivity index (χ0n) is 14.8. The number of sulfone groups is 1. The number of carbonyl (C=O) groups excluding carboxylic acids is 1. The SMILES string of the molecule is CC(C)Oc1cccc(C(C)NC(=O)c2cccc(S(C)(=O)=O)c2)c1. The molecule has 1 unspecified atom stereocenters. The molecule has 0 saturated heterocycles. The summed E-state index contributed by atoms with van der Waals surface area (Å²) in [6.45, 7) is 5.77. The van der Waals surface area contributed by atoms with E-state index in [9.17, 15) is 13.2 Å². The van der Waals surface area contributed by atoms with E-state index in [1.165, 1.54) is 12.1 Å². The van der Waals surface area contributed by atoms with Gasteiger partial charge in [-0.25, -0.2) is 8.42 Å². The molecule has 0 bridgehead atoms. The molecule has 0 aromatic heterocycles. The molecule has 5 nitrogen and oxygen atoms in total. The molecule has 1 atom stereocenters. The number of ether oxygens (including phenoxy) is 1. The van der Waals surface area contributed by atoms with Crippen LogP contribution in [0, 0.1) is 0 Å². The predicted molar refractivity (Wildman–Crippen MR) is 97.6 cm³/mol. The third-order valence-electron chi connectivity index (χ3n) is 3.60. The van der Waals surface area contributed by atoms with Crippen LogP contribution >= 0.6 is 0 Å². The Morgan fingerprint density at radius 2 is 1.72 bits per heavy atom. The Labute approximate surface area is 148 Å². The zero-order chi connectivity index (χ0) is 18.6. The number of nitrogens with one attached hydrogen (secondary N) is 1. The Morgan fingerprint density at radius 1 is 1.04 bits per heavy atom. The quantitative estimate of drug-likeness (QED) is 0.856. The minimum absolute atomic E-state index is 0.0684. The number of carbonyl (C=O) groups is 1. The first-order valence-electron chi connectivity index (χ1n) is 8.04. The second-order valence-corrected chi connectivity index (χ2v) is 8.25. The average Bonchev–Trinajstić information content (AvgIpc) is 2.53. The number of benzene rings is 2. The summed E-state index contributed by atoms with van der Waals surface area (Å²) in [4.78, 5) is 12.6. The molecule has 2 aromatic rings. The summed E-state index contributed by atoms with van der Waals surface area (Å²) in [6.07, 6.45) is 1.19. The topological polar surface area (TPSA) is 72.5 Å². The Kier molecular flexibility index (Phi) is 5.85. The van der Waals surface area contributed by atoms with Gasteiger partial charge in [0.15, 0.2) is 9.84 Å². The normalized spacial score (nSPS) is 12.7. The molecule has 0 spiro atoms. The van der Waals surface area contributed by atoms with Gasteiger partial charge in [-0.15, -0.1) is 0 Å². The standard InChI is InChI=1S/C19H23NO4S/c1-13(2)24-17-9-5-7-15(11-17)14(3)20-19(21)16-8-6-10-18(12-16)25(4,22)23/h5-14H,1-4H3,(H,20,21). The van der Waals surface area contributed by atoms with E-state index < -0.39 is 9.84 Å².